The molecule has 4 rings (SSSR count). The largest absolute Gasteiger partial charge is 0.497 e. The van der Waals surface area contributed by atoms with Crippen molar-refractivity contribution in [3.05, 3.63) is 46.8 Å². The molecule has 1 spiro atoms. The summed E-state index contributed by atoms with van der Waals surface area (Å²) in [5.74, 6) is 0.940. The molecule has 2 aromatic rings. The van der Waals surface area contributed by atoms with Gasteiger partial charge >= 0.3 is 0 Å². The van der Waals surface area contributed by atoms with Gasteiger partial charge in [0, 0.05) is 38.4 Å². The van der Waals surface area contributed by atoms with Gasteiger partial charge in [0.1, 0.15) is 11.4 Å². The lowest BCUT2D eigenvalue weighted by atomic mass is 9.74. The van der Waals surface area contributed by atoms with E-state index in [1.807, 2.05) is 16.8 Å². The summed E-state index contributed by atoms with van der Waals surface area (Å²) in [7, 11) is 1.67. The molecule has 1 fully saturated rings. The van der Waals surface area contributed by atoms with E-state index in [0.29, 0.717) is 13.1 Å². The predicted octanol–water partition coefficient (Wildman–Crippen LogP) is 6.30. The number of nitrogens with zero attached hydrogens (tertiary/aromatic N) is 3. The van der Waals surface area contributed by atoms with Crippen LogP contribution in [-0.2, 0) is 30.7 Å². The summed E-state index contributed by atoms with van der Waals surface area (Å²) in [5.41, 5.74) is 4.41. The number of rotatable bonds is 7. The standard InChI is InChI=1S/C27H39N3O3.C3H8/c1-6-26(3,4)17-23-22-16-27(12-14-33-15-13-27)19-29(25(31)24(22)30(7-2)28-23)18-20-8-10-21(32-5)11-9-20;1-3-2/h8-11H,6-7,12-19H2,1-5H3;3H2,1-2H3. The van der Waals surface area contributed by atoms with Crippen molar-refractivity contribution in [1.29, 1.82) is 0 Å². The predicted molar refractivity (Wildman–Crippen MR) is 146 cm³/mol. The average molecular weight is 498 g/mol. The van der Waals surface area contributed by atoms with Crippen molar-refractivity contribution in [3.63, 3.8) is 0 Å². The quantitative estimate of drug-likeness (QED) is 0.450. The van der Waals surface area contributed by atoms with Crippen LogP contribution in [0.4, 0.5) is 0 Å². The molecule has 36 heavy (non-hydrogen) atoms. The van der Waals surface area contributed by atoms with E-state index in [-0.39, 0.29) is 16.7 Å². The fourth-order valence-corrected chi connectivity index (χ4v) is 5.20. The summed E-state index contributed by atoms with van der Waals surface area (Å²) in [6.45, 7) is 16.7. The van der Waals surface area contributed by atoms with Crippen LogP contribution in [0.3, 0.4) is 0 Å². The minimum absolute atomic E-state index is 0.0400. The van der Waals surface area contributed by atoms with Crippen LogP contribution in [0.2, 0.25) is 0 Å². The Bertz CT molecular complexity index is 988. The second-order valence-corrected chi connectivity index (χ2v) is 11.3. The molecule has 6 heteroatoms. The van der Waals surface area contributed by atoms with Crippen molar-refractivity contribution in [3.8, 4) is 5.75 Å². The SMILES string of the molecule is CCC.CCn1nc(CC(C)(C)CC)c2c1C(=O)N(Cc1ccc(OC)cc1)CC1(CCOCC1)C2. The van der Waals surface area contributed by atoms with Crippen LogP contribution in [0.5, 0.6) is 5.75 Å². The number of methoxy groups -OCH3 is 1. The number of hydrogen-bond acceptors (Lipinski definition) is 4. The molecule has 0 atom stereocenters. The lowest BCUT2D eigenvalue weighted by Gasteiger charge is -2.39. The molecule has 0 saturated carbocycles. The minimum atomic E-state index is 0.0400. The second-order valence-electron chi connectivity index (χ2n) is 11.3. The van der Waals surface area contributed by atoms with Gasteiger partial charge in [0.15, 0.2) is 0 Å². The first-order chi connectivity index (χ1) is 17.2. The van der Waals surface area contributed by atoms with E-state index in [0.717, 1.165) is 74.6 Å². The van der Waals surface area contributed by atoms with Gasteiger partial charge in [0.25, 0.3) is 5.91 Å². The Morgan fingerprint density at radius 1 is 1.08 bits per heavy atom. The fraction of sp³-hybridized carbons (Fsp3) is 0.667. The van der Waals surface area contributed by atoms with Crippen LogP contribution >= 0.6 is 0 Å². The lowest BCUT2D eigenvalue weighted by molar-refractivity contribution is -0.00210. The number of amides is 1. The molecule has 0 aliphatic carbocycles. The zero-order valence-corrected chi connectivity index (χ0v) is 23.7. The minimum Gasteiger partial charge on any atom is -0.497 e. The number of benzene rings is 1. The molecule has 1 amide bonds. The van der Waals surface area contributed by atoms with E-state index >= 15 is 0 Å². The molecule has 6 nitrogen and oxygen atoms in total. The Balaban J connectivity index is 0.00000115. The zero-order valence-electron chi connectivity index (χ0n) is 23.7. The van der Waals surface area contributed by atoms with E-state index in [1.54, 1.807) is 7.11 Å². The van der Waals surface area contributed by atoms with Gasteiger partial charge in [-0.3, -0.25) is 9.48 Å². The van der Waals surface area contributed by atoms with Crippen molar-refractivity contribution in [2.45, 2.75) is 93.2 Å². The third-order valence-corrected chi connectivity index (χ3v) is 7.69. The number of carbonyl (C=O) groups excluding carboxylic acids is 1. The molecule has 1 aromatic heterocycles. The van der Waals surface area contributed by atoms with Crippen LogP contribution in [0.1, 0.15) is 94.5 Å². The Hall–Kier alpha value is -2.34. The maximum atomic E-state index is 14.0. The van der Waals surface area contributed by atoms with Crippen molar-refractivity contribution in [1.82, 2.24) is 14.7 Å². The van der Waals surface area contributed by atoms with Crippen LogP contribution < -0.4 is 4.74 Å². The molecule has 2 aliphatic rings. The third-order valence-electron chi connectivity index (χ3n) is 7.69. The first-order valence-electron chi connectivity index (χ1n) is 13.8. The monoisotopic (exact) mass is 497 g/mol. The van der Waals surface area contributed by atoms with Gasteiger partial charge in [-0.15, -0.1) is 0 Å². The summed E-state index contributed by atoms with van der Waals surface area (Å²) in [4.78, 5) is 16.1. The highest BCUT2D eigenvalue weighted by molar-refractivity contribution is 5.95. The van der Waals surface area contributed by atoms with Gasteiger partial charge in [-0.05, 0) is 61.1 Å². The van der Waals surface area contributed by atoms with Crippen LogP contribution in [0, 0.1) is 10.8 Å². The normalized spacial score (nSPS) is 17.3. The molecule has 0 N–H and O–H groups in total. The molecule has 3 heterocycles. The smallest absolute Gasteiger partial charge is 0.272 e. The van der Waals surface area contributed by atoms with E-state index in [1.165, 1.54) is 12.0 Å². The molecular weight excluding hydrogens is 450 g/mol. The summed E-state index contributed by atoms with van der Waals surface area (Å²) in [6, 6.07) is 8.05. The van der Waals surface area contributed by atoms with Crippen molar-refractivity contribution in [2.75, 3.05) is 26.9 Å². The Labute approximate surface area is 218 Å². The summed E-state index contributed by atoms with van der Waals surface area (Å²) in [5, 5.41) is 5.00. The number of aryl methyl sites for hydroxylation is 1. The van der Waals surface area contributed by atoms with Crippen molar-refractivity contribution in [2.24, 2.45) is 10.8 Å². The van der Waals surface area contributed by atoms with Crippen molar-refractivity contribution >= 4 is 5.91 Å². The number of fused-ring (bicyclic) bond motifs is 1. The maximum Gasteiger partial charge on any atom is 0.272 e. The highest BCUT2D eigenvalue weighted by Gasteiger charge is 2.43. The summed E-state index contributed by atoms with van der Waals surface area (Å²) < 4.78 is 13.0. The van der Waals surface area contributed by atoms with E-state index in [4.69, 9.17) is 14.6 Å². The van der Waals surface area contributed by atoms with E-state index < -0.39 is 0 Å². The highest BCUT2D eigenvalue weighted by atomic mass is 16.5. The molecule has 200 valence electrons. The number of ether oxygens (including phenoxy) is 2. The Kier molecular flexibility index (Phi) is 9.62. The second kappa shape index (κ2) is 12.3. The maximum absolute atomic E-state index is 14.0. The van der Waals surface area contributed by atoms with E-state index in [9.17, 15) is 4.79 Å². The van der Waals surface area contributed by atoms with Crippen molar-refractivity contribution < 1.29 is 14.3 Å². The highest BCUT2D eigenvalue weighted by Crippen LogP contribution is 2.41. The number of hydrogen-bond donors (Lipinski definition) is 0. The average Bonchev–Trinajstić information content (AvgIpc) is 3.14. The van der Waals surface area contributed by atoms with Gasteiger partial charge in [0.2, 0.25) is 0 Å². The molecule has 0 unspecified atom stereocenters. The van der Waals surface area contributed by atoms with Gasteiger partial charge in [-0.1, -0.05) is 59.6 Å². The first kappa shape index (κ1) is 28.2. The zero-order chi connectivity index (χ0) is 26.3. The molecule has 1 saturated heterocycles. The Morgan fingerprint density at radius 3 is 2.28 bits per heavy atom. The summed E-state index contributed by atoms with van der Waals surface area (Å²) in [6.07, 6.45) is 6.10. The fourth-order valence-electron chi connectivity index (χ4n) is 5.20. The van der Waals surface area contributed by atoms with Gasteiger partial charge in [0.05, 0.1) is 12.8 Å². The molecule has 0 radical (unpaired) electrons. The van der Waals surface area contributed by atoms with Gasteiger partial charge in [-0.25, -0.2) is 0 Å². The molecule has 2 aliphatic heterocycles. The lowest BCUT2D eigenvalue weighted by Crippen LogP contribution is -2.43. The molecular formula is C30H47N3O3. The van der Waals surface area contributed by atoms with Crippen LogP contribution in [-0.4, -0.2) is 47.5 Å². The number of carbonyl (C=O) groups is 1. The van der Waals surface area contributed by atoms with Crippen LogP contribution in [0.15, 0.2) is 24.3 Å². The molecule has 0 bridgehead atoms. The topological polar surface area (TPSA) is 56.6 Å². The summed E-state index contributed by atoms with van der Waals surface area (Å²) >= 11 is 0. The third kappa shape index (κ3) is 6.50. The van der Waals surface area contributed by atoms with E-state index in [2.05, 4.69) is 58.6 Å². The van der Waals surface area contributed by atoms with Gasteiger partial charge in [-0.2, -0.15) is 5.10 Å². The van der Waals surface area contributed by atoms with Gasteiger partial charge < -0.3 is 14.4 Å². The number of aromatic nitrogens is 2. The Morgan fingerprint density at radius 2 is 1.72 bits per heavy atom. The first-order valence-corrected chi connectivity index (χ1v) is 13.8. The molecule has 1 aromatic carbocycles. The van der Waals surface area contributed by atoms with Crippen LogP contribution in [0.25, 0.3) is 0 Å².